The largest absolute Gasteiger partial charge is 0.497 e. The van der Waals surface area contributed by atoms with E-state index in [0.29, 0.717) is 19.0 Å². The normalized spacial score (nSPS) is 10.7. The van der Waals surface area contributed by atoms with Gasteiger partial charge in [-0.3, -0.25) is 4.79 Å². The highest BCUT2D eigenvalue weighted by Crippen LogP contribution is 2.15. The zero-order valence-corrected chi connectivity index (χ0v) is 21.1. The molecule has 2 aromatic rings. The Balaban J connectivity index is 0.00000420. The number of nitrogens with zero attached hydrogens (tertiary/aromatic N) is 2. The molecule has 0 radical (unpaired) electrons. The molecule has 2 rings (SSSR count). The lowest BCUT2D eigenvalue weighted by atomic mass is 10.1. The first kappa shape index (κ1) is 25.2. The van der Waals surface area contributed by atoms with Gasteiger partial charge in [-0.25, -0.2) is 4.99 Å². The highest BCUT2D eigenvalue weighted by molar-refractivity contribution is 14.0. The van der Waals surface area contributed by atoms with Gasteiger partial charge in [0.2, 0.25) is 5.91 Å². The van der Waals surface area contributed by atoms with Gasteiger partial charge in [0.15, 0.2) is 5.96 Å². The van der Waals surface area contributed by atoms with E-state index in [1.165, 1.54) is 11.1 Å². The standard InChI is InChI=1S/C21H27BrN4O2.HI/c1-15-11-18(22)8-7-17(15)13-24-21(25-14-20(27)26(2)3)23-12-16-5-9-19(28-4)10-6-16;/h5-11H,12-14H2,1-4H3,(H2,23,24,25);1H. The molecule has 0 fully saturated rings. The number of aliphatic imine (C=N–C) groups is 1. The second-order valence-corrected chi connectivity index (χ2v) is 7.49. The molecular formula is C21H28BrIN4O2. The Labute approximate surface area is 198 Å². The SMILES string of the molecule is COc1ccc(CN=C(NCC(=O)N(C)C)NCc2ccc(Br)cc2C)cc1.I. The fraction of sp³-hybridized carbons (Fsp3) is 0.333. The monoisotopic (exact) mass is 574 g/mol. The van der Waals surface area contributed by atoms with Crippen LogP contribution < -0.4 is 15.4 Å². The van der Waals surface area contributed by atoms with Gasteiger partial charge in [-0.05, 0) is 47.9 Å². The van der Waals surface area contributed by atoms with Crippen molar-refractivity contribution in [1.82, 2.24) is 15.5 Å². The number of nitrogens with one attached hydrogen (secondary N) is 2. The van der Waals surface area contributed by atoms with Gasteiger partial charge >= 0.3 is 0 Å². The number of carbonyl (C=O) groups excluding carboxylic acids is 1. The number of guanidine groups is 1. The quantitative estimate of drug-likeness (QED) is 0.301. The van der Waals surface area contributed by atoms with Crippen molar-refractivity contribution in [2.45, 2.75) is 20.0 Å². The number of hydrogen-bond donors (Lipinski definition) is 2. The van der Waals surface area contributed by atoms with Crippen molar-refractivity contribution in [3.8, 4) is 5.75 Å². The number of carbonyl (C=O) groups is 1. The van der Waals surface area contributed by atoms with E-state index in [9.17, 15) is 4.79 Å². The number of ether oxygens (including phenoxy) is 1. The maximum absolute atomic E-state index is 11.9. The Bertz CT molecular complexity index is 826. The van der Waals surface area contributed by atoms with Crippen molar-refractivity contribution in [2.24, 2.45) is 4.99 Å². The van der Waals surface area contributed by atoms with E-state index in [4.69, 9.17) is 4.74 Å². The molecule has 0 aromatic heterocycles. The first-order valence-electron chi connectivity index (χ1n) is 8.99. The maximum atomic E-state index is 11.9. The number of aryl methyl sites for hydroxylation is 1. The highest BCUT2D eigenvalue weighted by atomic mass is 127. The first-order chi connectivity index (χ1) is 13.4. The van der Waals surface area contributed by atoms with Crippen LogP contribution in [0.5, 0.6) is 5.75 Å². The van der Waals surface area contributed by atoms with Gasteiger partial charge in [-0.1, -0.05) is 34.1 Å². The molecule has 0 heterocycles. The Morgan fingerprint density at radius 2 is 1.83 bits per heavy atom. The molecule has 0 bridgehead atoms. The molecule has 1 amide bonds. The number of hydrogen-bond acceptors (Lipinski definition) is 3. The van der Waals surface area contributed by atoms with Crippen molar-refractivity contribution < 1.29 is 9.53 Å². The van der Waals surface area contributed by atoms with Gasteiger partial charge in [-0.15, -0.1) is 24.0 Å². The van der Waals surface area contributed by atoms with Gasteiger partial charge in [0.25, 0.3) is 0 Å². The van der Waals surface area contributed by atoms with Crippen LogP contribution in [0.25, 0.3) is 0 Å². The lowest BCUT2D eigenvalue weighted by Gasteiger charge is -2.16. The van der Waals surface area contributed by atoms with E-state index in [1.54, 1.807) is 26.1 Å². The van der Waals surface area contributed by atoms with Crippen molar-refractivity contribution in [1.29, 1.82) is 0 Å². The fourth-order valence-electron chi connectivity index (χ4n) is 2.43. The molecule has 6 nitrogen and oxygen atoms in total. The number of halogens is 2. The van der Waals surface area contributed by atoms with Crippen LogP contribution in [0.3, 0.4) is 0 Å². The van der Waals surface area contributed by atoms with Gasteiger partial charge in [0.1, 0.15) is 5.75 Å². The van der Waals surface area contributed by atoms with E-state index in [-0.39, 0.29) is 36.4 Å². The predicted molar refractivity (Wildman–Crippen MR) is 132 cm³/mol. The average Bonchev–Trinajstić information content (AvgIpc) is 2.68. The molecule has 158 valence electrons. The zero-order valence-electron chi connectivity index (χ0n) is 17.2. The first-order valence-corrected chi connectivity index (χ1v) is 9.78. The van der Waals surface area contributed by atoms with E-state index >= 15 is 0 Å². The molecule has 0 unspecified atom stereocenters. The average molecular weight is 575 g/mol. The van der Waals surface area contributed by atoms with Crippen LogP contribution in [-0.4, -0.2) is 44.5 Å². The Morgan fingerprint density at radius 1 is 1.14 bits per heavy atom. The summed E-state index contributed by atoms with van der Waals surface area (Å²) in [5.41, 5.74) is 3.41. The molecule has 8 heteroatoms. The highest BCUT2D eigenvalue weighted by Gasteiger charge is 2.07. The summed E-state index contributed by atoms with van der Waals surface area (Å²) >= 11 is 3.48. The topological polar surface area (TPSA) is 66.0 Å². The van der Waals surface area contributed by atoms with Crippen molar-refractivity contribution >= 4 is 51.8 Å². The Hall–Kier alpha value is -1.81. The van der Waals surface area contributed by atoms with Crippen LogP contribution in [0.1, 0.15) is 16.7 Å². The Kier molecular flexibility index (Phi) is 11.0. The van der Waals surface area contributed by atoms with Crippen molar-refractivity contribution in [3.63, 3.8) is 0 Å². The van der Waals surface area contributed by atoms with Crippen LogP contribution in [0.4, 0.5) is 0 Å². The van der Waals surface area contributed by atoms with Crippen LogP contribution >= 0.6 is 39.9 Å². The molecule has 0 aliphatic carbocycles. The van der Waals surface area contributed by atoms with Crippen LogP contribution in [0, 0.1) is 6.92 Å². The third-order valence-electron chi connectivity index (χ3n) is 4.24. The second-order valence-electron chi connectivity index (χ2n) is 6.58. The molecule has 2 aromatic carbocycles. The molecule has 0 aliphatic rings. The van der Waals surface area contributed by atoms with E-state index in [1.807, 2.05) is 30.3 Å². The van der Waals surface area contributed by atoms with E-state index in [0.717, 1.165) is 15.8 Å². The third-order valence-corrected chi connectivity index (χ3v) is 4.73. The summed E-state index contributed by atoms with van der Waals surface area (Å²) in [6, 6.07) is 13.9. The molecule has 29 heavy (non-hydrogen) atoms. The van der Waals surface area contributed by atoms with Crippen LogP contribution in [0.2, 0.25) is 0 Å². The Morgan fingerprint density at radius 3 is 2.41 bits per heavy atom. The van der Waals surface area contributed by atoms with Gasteiger partial charge in [-0.2, -0.15) is 0 Å². The molecule has 0 atom stereocenters. The molecule has 2 N–H and O–H groups in total. The fourth-order valence-corrected chi connectivity index (χ4v) is 2.91. The minimum Gasteiger partial charge on any atom is -0.497 e. The van der Waals surface area contributed by atoms with Crippen molar-refractivity contribution in [2.75, 3.05) is 27.7 Å². The molecule has 0 saturated heterocycles. The van der Waals surface area contributed by atoms with Gasteiger partial charge in [0, 0.05) is 25.1 Å². The van der Waals surface area contributed by atoms with Gasteiger partial charge < -0.3 is 20.3 Å². The molecule has 0 aliphatic heterocycles. The molecular weight excluding hydrogens is 547 g/mol. The third kappa shape index (κ3) is 8.61. The lowest BCUT2D eigenvalue weighted by Crippen LogP contribution is -2.42. The van der Waals surface area contributed by atoms with E-state index in [2.05, 4.69) is 50.6 Å². The number of benzene rings is 2. The molecule has 0 saturated carbocycles. The summed E-state index contributed by atoms with van der Waals surface area (Å²) in [5, 5.41) is 6.42. The smallest absolute Gasteiger partial charge is 0.241 e. The zero-order chi connectivity index (χ0) is 20.5. The predicted octanol–water partition coefficient (Wildman–Crippen LogP) is 3.71. The number of methoxy groups -OCH3 is 1. The number of rotatable bonds is 7. The summed E-state index contributed by atoms with van der Waals surface area (Å²) in [6.45, 7) is 3.36. The number of amides is 1. The van der Waals surface area contributed by atoms with E-state index < -0.39 is 0 Å². The number of likely N-dealkylation sites (N-methyl/N-ethyl adjacent to an activating group) is 1. The lowest BCUT2D eigenvalue weighted by molar-refractivity contribution is -0.127. The summed E-state index contributed by atoms with van der Waals surface area (Å²) in [5.74, 6) is 1.39. The summed E-state index contributed by atoms with van der Waals surface area (Å²) in [6.07, 6.45) is 0. The minimum atomic E-state index is -0.0150. The summed E-state index contributed by atoms with van der Waals surface area (Å²) in [4.78, 5) is 18.1. The summed E-state index contributed by atoms with van der Waals surface area (Å²) < 4.78 is 6.24. The van der Waals surface area contributed by atoms with Gasteiger partial charge in [0.05, 0.1) is 20.2 Å². The van der Waals surface area contributed by atoms with Crippen LogP contribution in [0.15, 0.2) is 51.9 Å². The van der Waals surface area contributed by atoms with Crippen LogP contribution in [-0.2, 0) is 17.9 Å². The summed E-state index contributed by atoms with van der Waals surface area (Å²) in [7, 11) is 5.11. The van der Waals surface area contributed by atoms with Crippen molar-refractivity contribution in [3.05, 3.63) is 63.6 Å². The minimum absolute atomic E-state index is 0. The molecule has 0 spiro atoms. The second kappa shape index (κ2) is 12.7. The maximum Gasteiger partial charge on any atom is 0.241 e.